The third kappa shape index (κ3) is 4.00. The Balaban J connectivity index is 1.40. The lowest BCUT2D eigenvalue weighted by Gasteiger charge is -2.05. The third-order valence-corrected chi connectivity index (χ3v) is 6.03. The van der Waals surface area contributed by atoms with Crippen LogP contribution in [0.2, 0.25) is 0 Å². The van der Waals surface area contributed by atoms with Crippen LogP contribution in [0.4, 0.5) is 5.13 Å². The topological polar surface area (TPSA) is 76.9 Å². The van der Waals surface area contributed by atoms with Crippen LogP contribution in [0.25, 0.3) is 21.5 Å². The average Bonchev–Trinajstić information content (AvgIpc) is 3.31. The number of fused-ring (bicyclic) bond motifs is 1. The van der Waals surface area contributed by atoms with Gasteiger partial charge in [-0.3, -0.25) is 14.2 Å². The molecule has 4 aromatic rings. The number of hydrogen-bond donors (Lipinski definition) is 1. The predicted molar refractivity (Wildman–Crippen MR) is 112 cm³/mol. The Bertz CT molecular complexity index is 1160. The molecule has 0 aliphatic rings. The zero-order valence-electron chi connectivity index (χ0n) is 13.9. The number of carbonyl (C=O) groups excluding carboxylic acids is 1. The van der Waals surface area contributed by atoms with Gasteiger partial charge in [-0.25, -0.2) is 9.97 Å². The fourth-order valence-electron chi connectivity index (χ4n) is 2.54. The molecule has 0 atom stereocenters. The fourth-order valence-corrected chi connectivity index (χ4v) is 4.26. The smallest absolute Gasteiger partial charge is 0.262 e. The summed E-state index contributed by atoms with van der Waals surface area (Å²) in [4.78, 5) is 33.9. The molecule has 0 unspecified atom stereocenters. The number of carbonyl (C=O) groups is 1. The highest BCUT2D eigenvalue weighted by Gasteiger charge is 2.10. The maximum absolute atomic E-state index is 12.3. The number of thiazole rings is 1. The van der Waals surface area contributed by atoms with Gasteiger partial charge in [0, 0.05) is 28.4 Å². The number of aryl methyl sites for hydroxylation is 1. The summed E-state index contributed by atoms with van der Waals surface area (Å²) in [7, 11) is 0. The molecule has 0 aliphatic carbocycles. The lowest BCUT2D eigenvalue weighted by Crippen LogP contribution is -2.23. The standard InChI is InChI=1S/C18H13BrN4O2S2/c19-12-3-1-11(2-4-12)14-9-27-18(21-14)22-15(24)5-7-23-10-20-16-13(17(23)25)6-8-26-16/h1-4,6,8-10H,5,7H2,(H,21,22,24). The zero-order valence-corrected chi connectivity index (χ0v) is 17.1. The summed E-state index contributed by atoms with van der Waals surface area (Å²) in [5.74, 6) is -0.191. The number of hydrogen-bond acceptors (Lipinski definition) is 6. The highest BCUT2D eigenvalue weighted by molar-refractivity contribution is 9.10. The van der Waals surface area contributed by atoms with Crippen LogP contribution in [0.5, 0.6) is 0 Å². The number of nitrogens with one attached hydrogen (secondary N) is 1. The molecule has 0 aliphatic heterocycles. The molecule has 0 saturated heterocycles. The number of aromatic nitrogens is 3. The van der Waals surface area contributed by atoms with Gasteiger partial charge < -0.3 is 5.32 Å². The Morgan fingerprint density at radius 3 is 2.81 bits per heavy atom. The van der Waals surface area contributed by atoms with Crippen molar-refractivity contribution in [2.45, 2.75) is 13.0 Å². The molecule has 4 rings (SSSR count). The van der Waals surface area contributed by atoms with Gasteiger partial charge in [-0.2, -0.15) is 0 Å². The Morgan fingerprint density at radius 2 is 2.00 bits per heavy atom. The Labute approximate surface area is 170 Å². The number of amides is 1. The molecule has 9 heteroatoms. The average molecular weight is 461 g/mol. The van der Waals surface area contributed by atoms with Gasteiger partial charge in [0.05, 0.1) is 17.4 Å². The lowest BCUT2D eigenvalue weighted by molar-refractivity contribution is -0.116. The van der Waals surface area contributed by atoms with Crippen molar-refractivity contribution < 1.29 is 4.79 Å². The van der Waals surface area contributed by atoms with E-state index < -0.39 is 0 Å². The van der Waals surface area contributed by atoms with Crippen molar-refractivity contribution in [3.05, 3.63) is 62.2 Å². The quantitative estimate of drug-likeness (QED) is 0.479. The number of halogens is 1. The van der Waals surface area contributed by atoms with Crippen LogP contribution in [0, 0.1) is 0 Å². The van der Waals surface area contributed by atoms with Gasteiger partial charge in [0.2, 0.25) is 5.91 Å². The van der Waals surface area contributed by atoms with Crippen molar-refractivity contribution in [3.8, 4) is 11.3 Å². The maximum atomic E-state index is 12.3. The molecule has 1 amide bonds. The molecule has 0 spiro atoms. The first-order valence-electron chi connectivity index (χ1n) is 8.04. The molecule has 136 valence electrons. The van der Waals surface area contributed by atoms with Gasteiger partial charge in [0.15, 0.2) is 5.13 Å². The fraction of sp³-hybridized carbons (Fsp3) is 0.111. The first-order chi connectivity index (χ1) is 13.1. The van der Waals surface area contributed by atoms with Crippen LogP contribution < -0.4 is 10.9 Å². The van der Waals surface area contributed by atoms with Gasteiger partial charge in [-0.1, -0.05) is 28.1 Å². The maximum Gasteiger partial charge on any atom is 0.262 e. The van der Waals surface area contributed by atoms with Crippen LogP contribution in [0.1, 0.15) is 6.42 Å². The summed E-state index contributed by atoms with van der Waals surface area (Å²) in [6.07, 6.45) is 1.66. The van der Waals surface area contributed by atoms with E-state index in [1.54, 1.807) is 6.07 Å². The number of rotatable bonds is 5. The molecule has 0 saturated carbocycles. The summed E-state index contributed by atoms with van der Waals surface area (Å²) in [6.45, 7) is 0.272. The molecule has 6 nitrogen and oxygen atoms in total. The highest BCUT2D eigenvalue weighted by Crippen LogP contribution is 2.26. The summed E-state index contributed by atoms with van der Waals surface area (Å²) in [5, 5.41) is 7.65. The van der Waals surface area contributed by atoms with Crippen molar-refractivity contribution in [2.24, 2.45) is 0 Å². The van der Waals surface area contributed by atoms with Crippen molar-refractivity contribution in [2.75, 3.05) is 5.32 Å². The molecular weight excluding hydrogens is 448 g/mol. The zero-order chi connectivity index (χ0) is 18.8. The van der Waals surface area contributed by atoms with E-state index in [4.69, 9.17) is 0 Å². The number of benzene rings is 1. The van der Waals surface area contributed by atoms with Crippen LogP contribution in [-0.2, 0) is 11.3 Å². The van der Waals surface area contributed by atoms with Crippen molar-refractivity contribution in [1.82, 2.24) is 14.5 Å². The first kappa shape index (κ1) is 18.0. The predicted octanol–water partition coefficient (Wildman–Crippen LogP) is 4.37. The van der Waals surface area contributed by atoms with Gasteiger partial charge >= 0.3 is 0 Å². The van der Waals surface area contributed by atoms with Gasteiger partial charge in [-0.15, -0.1) is 22.7 Å². The second-order valence-corrected chi connectivity index (χ2v) is 8.39. The molecule has 1 N–H and O–H groups in total. The van der Waals surface area contributed by atoms with Crippen molar-refractivity contribution in [1.29, 1.82) is 0 Å². The van der Waals surface area contributed by atoms with Crippen LogP contribution in [0.15, 0.2) is 56.7 Å². The van der Waals surface area contributed by atoms with Gasteiger partial charge in [0.1, 0.15) is 4.83 Å². The lowest BCUT2D eigenvalue weighted by atomic mass is 10.2. The number of thiophene rings is 1. The SMILES string of the molecule is O=C(CCn1cnc2sccc2c1=O)Nc1nc(-c2ccc(Br)cc2)cs1. The number of nitrogens with zero attached hydrogens (tertiary/aromatic N) is 3. The largest absolute Gasteiger partial charge is 0.302 e. The Kier molecular flexibility index (Phi) is 5.15. The molecule has 27 heavy (non-hydrogen) atoms. The Hall–Kier alpha value is -2.36. The molecule has 0 fully saturated rings. The van der Waals surface area contributed by atoms with E-state index in [0.29, 0.717) is 15.3 Å². The minimum atomic E-state index is -0.191. The van der Waals surface area contributed by atoms with E-state index in [1.165, 1.54) is 33.6 Å². The summed E-state index contributed by atoms with van der Waals surface area (Å²) in [5.41, 5.74) is 1.67. The second kappa shape index (κ2) is 7.71. The van der Waals surface area contributed by atoms with E-state index in [2.05, 4.69) is 31.2 Å². The van der Waals surface area contributed by atoms with Crippen molar-refractivity contribution >= 4 is 59.9 Å². The van der Waals surface area contributed by atoms with E-state index >= 15 is 0 Å². The van der Waals surface area contributed by atoms with E-state index in [1.807, 2.05) is 35.0 Å². The summed E-state index contributed by atoms with van der Waals surface area (Å²) >= 11 is 6.20. The molecule has 0 bridgehead atoms. The second-order valence-electron chi connectivity index (χ2n) is 5.73. The number of anilines is 1. The molecular formula is C18H13BrN4O2S2. The van der Waals surface area contributed by atoms with Gasteiger partial charge in [-0.05, 0) is 23.6 Å². The van der Waals surface area contributed by atoms with E-state index in [0.717, 1.165) is 15.7 Å². The Morgan fingerprint density at radius 1 is 1.19 bits per heavy atom. The van der Waals surface area contributed by atoms with Gasteiger partial charge in [0.25, 0.3) is 5.56 Å². The molecule has 0 radical (unpaired) electrons. The van der Waals surface area contributed by atoms with E-state index in [9.17, 15) is 9.59 Å². The normalized spacial score (nSPS) is 11.0. The first-order valence-corrected chi connectivity index (χ1v) is 10.6. The minimum Gasteiger partial charge on any atom is -0.302 e. The molecule has 3 heterocycles. The summed E-state index contributed by atoms with van der Waals surface area (Å²) in [6, 6.07) is 9.58. The highest BCUT2D eigenvalue weighted by atomic mass is 79.9. The van der Waals surface area contributed by atoms with Crippen LogP contribution >= 0.6 is 38.6 Å². The monoisotopic (exact) mass is 460 g/mol. The van der Waals surface area contributed by atoms with Crippen molar-refractivity contribution in [3.63, 3.8) is 0 Å². The summed E-state index contributed by atoms with van der Waals surface area (Å²) < 4.78 is 2.46. The van der Waals surface area contributed by atoms with Crippen LogP contribution in [-0.4, -0.2) is 20.4 Å². The van der Waals surface area contributed by atoms with E-state index in [-0.39, 0.29) is 24.4 Å². The van der Waals surface area contributed by atoms with Crippen LogP contribution in [0.3, 0.4) is 0 Å². The molecule has 3 aromatic heterocycles. The molecule has 1 aromatic carbocycles. The minimum absolute atomic E-state index is 0.124. The third-order valence-electron chi connectivity index (χ3n) is 3.92.